The number of phenolic OH excluding ortho intramolecular Hbond substituents is 2. The van der Waals surface area contributed by atoms with E-state index in [2.05, 4.69) is 14.7 Å². The number of allylic oxidation sites excluding steroid dienone is 2. The fraction of sp³-hybridized carbons (Fsp3) is 0.429. The topological polar surface area (TPSA) is 344 Å². The van der Waals surface area contributed by atoms with E-state index >= 15 is 0 Å². The molecule has 0 bridgehead atoms. The van der Waals surface area contributed by atoms with Gasteiger partial charge in [-0.25, -0.2) is 9.59 Å². The average Bonchev–Trinajstić information content (AvgIpc) is 3.26. The molecule has 0 amide bonds. The number of phenols is 2. The zero-order valence-electron chi connectivity index (χ0n) is 36.9. The van der Waals surface area contributed by atoms with E-state index in [0.29, 0.717) is 37.3 Å². The fourth-order valence-corrected chi connectivity index (χ4v) is 8.85. The quantitative estimate of drug-likeness (QED) is 0.0617. The Hall–Kier alpha value is -4.86. The predicted molar refractivity (Wildman–Crippen MR) is 220 cm³/mol. The number of hydrogen-bond acceptors (Lipinski definition) is 22. The Morgan fingerprint density at radius 2 is 0.970 bits per heavy atom. The van der Waals surface area contributed by atoms with Crippen LogP contribution in [0.4, 0.5) is 0 Å². The first-order valence-electron chi connectivity index (χ1n) is 19.9. The number of aliphatic hydroxyl groups excluding tert-OH is 6. The van der Waals surface area contributed by atoms with Gasteiger partial charge >= 0.3 is 70.8 Å². The Balaban J connectivity index is 0.000000547. The second kappa shape index (κ2) is 31.9. The molecule has 0 saturated carbocycles. The third-order valence-corrected chi connectivity index (χ3v) is 16.2. The summed E-state index contributed by atoms with van der Waals surface area (Å²) in [7, 11) is 2.00. The molecule has 0 radical (unpaired) electrons. The molecule has 5 rings (SSSR count). The van der Waals surface area contributed by atoms with Gasteiger partial charge in [0.25, 0.3) is 0 Å². The summed E-state index contributed by atoms with van der Waals surface area (Å²) in [6, 6.07) is 13.7. The molecule has 3 aliphatic heterocycles. The van der Waals surface area contributed by atoms with Gasteiger partial charge in [0.15, 0.2) is 0 Å². The molecule has 6 unspecified atom stereocenters. The van der Waals surface area contributed by atoms with Crippen LogP contribution in [0.25, 0.3) is 0 Å². The Labute approximate surface area is 394 Å². The summed E-state index contributed by atoms with van der Waals surface area (Å²) in [5, 5.41) is 79.7. The number of nitrogens with one attached hydrogen (secondary N) is 2. The van der Waals surface area contributed by atoms with E-state index in [1.807, 2.05) is 24.3 Å². The molecule has 2 aromatic carbocycles. The van der Waals surface area contributed by atoms with Crippen LogP contribution in [0.2, 0.25) is 0 Å². The molecule has 3 heterocycles. The Morgan fingerprint density at radius 3 is 1.23 bits per heavy atom. The van der Waals surface area contributed by atoms with Gasteiger partial charge in [0.05, 0.1) is 37.6 Å². The van der Waals surface area contributed by atoms with Crippen molar-refractivity contribution in [3.8, 4) is 11.5 Å². The average molecular weight is 1100 g/mol. The number of esters is 4. The van der Waals surface area contributed by atoms with Crippen LogP contribution in [-0.4, -0.2) is 130 Å². The molecule has 0 aliphatic carbocycles. The molecule has 1 saturated heterocycles. The van der Waals surface area contributed by atoms with Crippen LogP contribution in [0, 0.1) is 11.8 Å². The van der Waals surface area contributed by atoms with Crippen LogP contribution in [0.1, 0.15) is 38.8 Å². The summed E-state index contributed by atoms with van der Waals surface area (Å²) in [5.74, 6) is -6.33. The van der Waals surface area contributed by atoms with Crippen LogP contribution < -0.4 is 10.6 Å². The van der Waals surface area contributed by atoms with E-state index < -0.39 is 96.2 Å². The van der Waals surface area contributed by atoms with Crippen molar-refractivity contribution >= 4 is 23.9 Å². The fourth-order valence-electron chi connectivity index (χ4n) is 5.59. The summed E-state index contributed by atoms with van der Waals surface area (Å²) in [5.41, 5.74) is 3.29. The second-order valence-electron chi connectivity index (χ2n) is 13.3. The van der Waals surface area contributed by atoms with Crippen molar-refractivity contribution < 1.29 is 126 Å². The molecule has 24 heteroatoms. The van der Waals surface area contributed by atoms with Crippen molar-refractivity contribution in [1.29, 1.82) is 0 Å². The first-order valence-corrected chi connectivity index (χ1v) is 24.8. The molecule has 10 N–H and O–H groups in total. The van der Waals surface area contributed by atoms with E-state index in [4.69, 9.17) is 29.2 Å². The zero-order chi connectivity index (χ0) is 49.9. The van der Waals surface area contributed by atoms with Crippen LogP contribution >= 0.6 is 0 Å². The molecule has 1 fully saturated rings. The number of aromatic hydroxyl groups is 2. The molecule has 368 valence electrons. The third-order valence-electron chi connectivity index (χ3n) is 8.61. The first kappa shape index (κ1) is 59.2. The summed E-state index contributed by atoms with van der Waals surface area (Å²) < 4.78 is 47.1. The SMILES string of the molecule is CCOC(=O)C1=CC(O)C(C(O)C=C(C)NCCc2ccc(O)cc2)C(=O)O1.CCOC(=O)C1=CC(O)C(C(O)C=C(C)NCCc2ccc(O)cc2)C(=O)O1.CO.CO.[O]=[Mo]1[O][Mo](=[O])[O]1. The predicted octanol–water partition coefficient (Wildman–Crippen LogP) is 0.377. The molecule has 66 heavy (non-hydrogen) atoms. The van der Waals surface area contributed by atoms with E-state index in [1.165, 1.54) is 12.2 Å². The van der Waals surface area contributed by atoms with Gasteiger partial charge in [-0.1, -0.05) is 24.3 Å². The van der Waals surface area contributed by atoms with Gasteiger partial charge in [0.2, 0.25) is 11.5 Å². The van der Waals surface area contributed by atoms with Crippen LogP contribution in [-0.2, 0) is 97.9 Å². The monoisotopic (exact) mass is 1110 g/mol. The Kier molecular flexibility index (Phi) is 28.6. The van der Waals surface area contributed by atoms with Gasteiger partial charge in [0, 0.05) is 38.7 Å². The van der Waals surface area contributed by atoms with E-state index in [9.17, 15) is 56.6 Å². The normalized spacial score (nSPS) is 20.2. The van der Waals surface area contributed by atoms with Crippen LogP contribution in [0.15, 0.2) is 95.7 Å². The number of ether oxygens (including phenoxy) is 4. The number of aliphatic hydroxyl groups is 6. The van der Waals surface area contributed by atoms with Crippen molar-refractivity contribution in [3.05, 3.63) is 107 Å². The standard InChI is InChI=1S/2C20H25NO7.2CH4O.2Mo.4O/c2*1-3-27-19(25)17-11-16(24)18(20(26)28-17)15(23)10-12(2)21-9-8-13-4-6-14(22)7-5-13;2*1-2;;;;;;/h2*4-7,10-11,15-16,18,21-24H,3,8-9H2,1-2H3;2*2H,1H3;;;;;;. The molecule has 6 atom stereocenters. The van der Waals surface area contributed by atoms with Crippen molar-refractivity contribution in [1.82, 2.24) is 10.6 Å². The number of hydrogen-bond donors (Lipinski definition) is 10. The number of carbonyl (C=O) groups excluding carboxylic acids is 4. The summed E-state index contributed by atoms with van der Waals surface area (Å²) in [6.45, 7) is 8.01. The van der Waals surface area contributed by atoms with Gasteiger partial charge in [0.1, 0.15) is 23.3 Å². The van der Waals surface area contributed by atoms with E-state index in [-0.39, 0.29) is 36.2 Å². The molecule has 22 nitrogen and oxygen atoms in total. The number of rotatable bonds is 16. The molecular formula is C42H58Mo2N2O20. The van der Waals surface area contributed by atoms with E-state index in [1.54, 1.807) is 52.0 Å². The van der Waals surface area contributed by atoms with Gasteiger partial charge in [-0.05, 0) is 100 Å². The number of cyclic esters (lactones) is 2. The minimum atomic E-state index is -2.75. The van der Waals surface area contributed by atoms with Crippen molar-refractivity contribution in [2.45, 2.75) is 65.0 Å². The van der Waals surface area contributed by atoms with Gasteiger partial charge in [-0.3, -0.25) is 9.59 Å². The summed E-state index contributed by atoms with van der Waals surface area (Å²) >= 11 is -5.51. The van der Waals surface area contributed by atoms with Gasteiger partial charge in [-0.15, -0.1) is 0 Å². The summed E-state index contributed by atoms with van der Waals surface area (Å²) in [4.78, 5) is 47.5. The minimum absolute atomic E-state index is 0.105. The van der Waals surface area contributed by atoms with E-state index in [0.717, 1.165) is 37.5 Å². The number of carbonyl (C=O) groups is 4. The maximum atomic E-state index is 12.1. The summed E-state index contributed by atoms with van der Waals surface area (Å²) in [6.07, 6.45) is 0.983. The maximum absolute atomic E-state index is 12.1. The molecule has 3 aliphatic rings. The molecule has 2 aromatic rings. The van der Waals surface area contributed by atoms with Gasteiger partial charge in [-0.2, -0.15) is 0 Å². The number of benzene rings is 2. The zero-order valence-corrected chi connectivity index (χ0v) is 40.9. The van der Waals surface area contributed by atoms with Crippen molar-refractivity contribution in [2.75, 3.05) is 40.5 Å². The van der Waals surface area contributed by atoms with Crippen LogP contribution in [0.3, 0.4) is 0 Å². The third kappa shape index (κ3) is 21.2. The Morgan fingerprint density at radius 1 is 0.652 bits per heavy atom. The first-order chi connectivity index (χ1) is 31.4. The Bertz CT molecular complexity index is 1870. The van der Waals surface area contributed by atoms with Crippen molar-refractivity contribution in [3.63, 3.8) is 0 Å². The molecule has 0 aromatic heterocycles. The second-order valence-corrected chi connectivity index (χ2v) is 19.9. The van der Waals surface area contributed by atoms with Crippen molar-refractivity contribution in [2.24, 2.45) is 11.8 Å². The molecular weight excluding hydrogens is 1040 g/mol. The molecule has 0 spiro atoms. The van der Waals surface area contributed by atoms with Gasteiger partial charge < -0.3 is 70.4 Å². The van der Waals surface area contributed by atoms with Crippen LogP contribution in [0.5, 0.6) is 11.5 Å².